The molecule has 1 heterocycles. The van der Waals surface area contributed by atoms with E-state index in [4.69, 9.17) is 5.73 Å². The summed E-state index contributed by atoms with van der Waals surface area (Å²) in [5, 5.41) is 9.68. The van der Waals surface area contributed by atoms with E-state index in [0.29, 0.717) is 5.82 Å². The molecule has 0 radical (unpaired) electrons. The molecule has 0 aliphatic heterocycles. The number of rotatable bonds is 1. The van der Waals surface area contributed by atoms with Crippen LogP contribution in [-0.2, 0) is 5.60 Å². The molecule has 0 unspecified atom stereocenters. The van der Waals surface area contributed by atoms with Gasteiger partial charge in [0.25, 0.3) is 0 Å². The Hall–Kier alpha value is -1.09. The van der Waals surface area contributed by atoms with Crippen molar-refractivity contribution in [2.75, 3.05) is 5.73 Å². The van der Waals surface area contributed by atoms with Gasteiger partial charge in [-0.2, -0.15) is 0 Å². The van der Waals surface area contributed by atoms with Crippen LogP contribution in [0.4, 0.5) is 5.82 Å². The van der Waals surface area contributed by atoms with Gasteiger partial charge < -0.3 is 10.8 Å². The van der Waals surface area contributed by atoms with Gasteiger partial charge in [0.05, 0.1) is 5.60 Å². The minimum atomic E-state index is -0.842. The molecule has 0 amide bonds. The van der Waals surface area contributed by atoms with Crippen molar-refractivity contribution >= 4 is 5.82 Å². The van der Waals surface area contributed by atoms with E-state index in [9.17, 15) is 5.11 Å². The molecule has 0 aromatic carbocycles. The zero-order valence-corrected chi connectivity index (χ0v) is 7.63. The van der Waals surface area contributed by atoms with Gasteiger partial charge in [-0.1, -0.05) is 6.07 Å². The fraction of sp³-hybridized carbons (Fsp3) is 0.444. The SMILES string of the molecule is Cc1nc(N)ccc1C(C)(C)O. The quantitative estimate of drug-likeness (QED) is 0.659. The molecule has 0 bridgehead atoms. The Morgan fingerprint density at radius 2 is 2.00 bits per heavy atom. The van der Waals surface area contributed by atoms with Crippen LogP contribution < -0.4 is 5.73 Å². The van der Waals surface area contributed by atoms with Crippen LogP contribution in [0.5, 0.6) is 0 Å². The molecule has 66 valence electrons. The van der Waals surface area contributed by atoms with Crippen LogP contribution in [0.2, 0.25) is 0 Å². The topological polar surface area (TPSA) is 59.1 Å². The van der Waals surface area contributed by atoms with Crippen molar-refractivity contribution in [2.24, 2.45) is 0 Å². The molecule has 0 aliphatic rings. The third-order valence-electron chi connectivity index (χ3n) is 1.77. The highest BCUT2D eigenvalue weighted by atomic mass is 16.3. The Morgan fingerprint density at radius 1 is 1.42 bits per heavy atom. The summed E-state index contributed by atoms with van der Waals surface area (Å²) in [5.41, 5.74) is 6.23. The lowest BCUT2D eigenvalue weighted by Crippen LogP contribution is -2.18. The molecule has 0 fully saturated rings. The first-order valence-corrected chi connectivity index (χ1v) is 3.87. The van der Waals surface area contributed by atoms with E-state index in [2.05, 4.69) is 4.98 Å². The maximum absolute atomic E-state index is 9.68. The summed E-state index contributed by atoms with van der Waals surface area (Å²) >= 11 is 0. The molecule has 3 heteroatoms. The highest BCUT2D eigenvalue weighted by Crippen LogP contribution is 2.22. The Labute approximate surface area is 72.2 Å². The predicted molar refractivity (Wildman–Crippen MR) is 48.6 cm³/mol. The Balaban J connectivity index is 3.19. The number of nitrogen functional groups attached to an aromatic ring is 1. The van der Waals surface area contributed by atoms with Gasteiger partial charge >= 0.3 is 0 Å². The number of aromatic nitrogens is 1. The van der Waals surface area contributed by atoms with Gasteiger partial charge in [0.2, 0.25) is 0 Å². The van der Waals surface area contributed by atoms with Crippen LogP contribution in [0.25, 0.3) is 0 Å². The molecular formula is C9H14N2O. The lowest BCUT2D eigenvalue weighted by molar-refractivity contribution is 0.0775. The number of hydrogen-bond donors (Lipinski definition) is 2. The smallest absolute Gasteiger partial charge is 0.123 e. The molecule has 1 aromatic rings. The number of pyridine rings is 1. The van der Waals surface area contributed by atoms with Crippen LogP contribution in [0.1, 0.15) is 25.1 Å². The molecular weight excluding hydrogens is 152 g/mol. The summed E-state index contributed by atoms with van der Waals surface area (Å²) in [7, 11) is 0. The van der Waals surface area contributed by atoms with Crippen LogP contribution >= 0.6 is 0 Å². The lowest BCUT2D eigenvalue weighted by atomic mass is 9.97. The number of nitrogens with two attached hydrogens (primary N) is 1. The average Bonchev–Trinajstić information content (AvgIpc) is 1.83. The molecule has 3 N–H and O–H groups in total. The zero-order chi connectivity index (χ0) is 9.35. The Kier molecular flexibility index (Phi) is 2.06. The molecule has 1 aromatic heterocycles. The van der Waals surface area contributed by atoms with E-state index in [1.165, 1.54) is 0 Å². The van der Waals surface area contributed by atoms with Gasteiger partial charge in [-0.25, -0.2) is 4.98 Å². The Morgan fingerprint density at radius 3 is 2.42 bits per heavy atom. The monoisotopic (exact) mass is 166 g/mol. The van der Waals surface area contributed by atoms with Crippen molar-refractivity contribution < 1.29 is 5.11 Å². The molecule has 3 nitrogen and oxygen atoms in total. The first-order valence-electron chi connectivity index (χ1n) is 3.87. The second kappa shape index (κ2) is 2.75. The van der Waals surface area contributed by atoms with E-state index in [1.54, 1.807) is 26.0 Å². The van der Waals surface area contributed by atoms with E-state index in [0.717, 1.165) is 11.3 Å². The minimum absolute atomic E-state index is 0.487. The minimum Gasteiger partial charge on any atom is -0.386 e. The van der Waals surface area contributed by atoms with E-state index in [-0.39, 0.29) is 0 Å². The van der Waals surface area contributed by atoms with Crippen molar-refractivity contribution in [3.8, 4) is 0 Å². The standard InChI is InChI=1S/C9H14N2O/c1-6-7(9(2,3)12)4-5-8(10)11-6/h4-5,12H,1-3H3,(H2,10,11). The maximum atomic E-state index is 9.68. The first-order chi connectivity index (χ1) is 5.41. The molecule has 0 spiro atoms. The van der Waals surface area contributed by atoms with Gasteiger partial charge in [-0.05, 0) is 26.8 Å². The van der Waals surface area contributed by atoms with Crippen molar-refractivity contribution in [2.45, 2.75) is 26.4 Å². The Bertz CT molecular complexity index is 289. The predicted octanol–water partition coefficient (Wildman–Crippen LogP) is 1.20. The van der Waals surface area contributed by atoms with Gasteiger partial charge in [-0.15, -0.1) is 0 Å². The molecule has 1 rings (SSSR count). The van der Waals surface area contributed by atoms with Gasteiger partial charge in [0.15, 0.2) is 0 Å². The second-order valence-corrected chi connectivity index (χ2v) is 3.43. The van der Waals surface area contributed by atoms with E-state index in [1.807, 2.05) is 6.92 Å². The van der Waals surface area contributed by atoms with Crippen molar-refractivity contribution in [3.05, 3.63) is 23.4 Å². The van der Waals surface area contributed by atoms with Crippen molar-refractivity contribution in [1.29, 1.82) is 0 Å². The summed E-state index contributed by atoms with van der Waals surface area (Å²) in [6.07, 6.45) is 0. The summed E-state index contributed by atoms with van der Waals surface area (Å²) in [4.78, 5) is 4.06. The lowest BCUT2D eigenvalue weighted by Gasteiger charge is -2.19. The fourth-order valence-electron chi connectivity index (χ4n) is 1.23. The summed E-state index contributed by atoms with van der Waals surface area (Å²) < 4.78 is 0. The van der Waals surface area contributed by atoms with E-state index < -0.39 is 5.60 Å². The average molecular weight is 166 g/mol. The number of nitrogens with zero attached hydrogens (tertiary/aromatic N) is 1. The third kappa shape index (κ3) is 1.74. The molecule has 12 heavy (non-hydrogen) atoms. The molecule has 0 aliphatic carbocycles. The van der Waals surface area contributed by atoms with Crippen LogP contribution in [-0.4, -0.2) is 10.1 Å². The summed E-state index contributed by atoms with van der Waals surface area (Å²) in [6, 6.07) is 3.50. The molecule has 0 atom stereocenters. The normalized spacial score (nSPS) is 11.7. The van der Waals surface area contributed by atoms with Crippen molar-refractivity contribution in [1.82, 2.24) is 4.98 Å². The number of aliphatic hydroxyl groups is 1. The second-order valence-electron chi connectivity index (χ2n) is 3.43. The van der Waals surface area contributed by atoms with Crippen LogP contribution in [0.3, 0.4) is 0 Å². The highest BCUT2D eigenvalue weighted by Gasteiger charge is 2.18. The van der Waals surface area contributed by atoms with Crippen LogP contribution in [0, 0.1) is 6.92 Å². The molecule has 0 saturated carbocycles. The van der Waals surface area contributed by atoms with Gasteiger partial charge in [0.1, 0.15) is 5.82 Å². The number of anilines is 1. The third-order valence-corrected chi connectivity index (χ3v) is 1.77. The largest absolute Gasteiger partial charge is 0.386 e. The summed E-state index contributed by atoms with van der Waals surface area (Å²) in [5.74, 6) is 0.487. The van der Waals surface area contributed by atoms with Gasteiger partial charge in [0, 0.05) is 11.3 Å². The molecule has 0 saturated heterocycles. The zero-order valence-electron chi connectivity index (χ0n) is 7.63. The summed E-state index contributed by atoms with van der Waals surface area (Å²) in [6.45, 7) is 5.30. The van der Waals surface area contributed by atoms with Gasteiger partial charge in [-0.3, -0.25) is 0 Å². The fourth-order valence-corrected chi connectivity index (χ4v) is 1.23. The van der Waals surface area contributed by atoms with E-state index >= 15 is 0 Å². The van der Waals surface area contributed by atoms with Crippen molar-refractivity contribution in [3.63, 3.8) is 0 Å². The highest BCUT2D eigenvalue weighted by molar-refractivity contribution is 5.35. The number of aryl methyl sites for hydroxylation is 1. The maximum Gasteiger partial charge on any atom is 0.123 e. The number of hydrogen-bond acceptors (Lipinski definition) is 3. The van der Waals surface area contributed by atoms with Crippen LogP contribution in [0.15, 0.2) is 12.1 Å². The first kappa shape index (κ1) is 9.00.